The summed E-state index contributed by atoms with van der Waals surface area (Å²) in [6.45, 7) is 2.34. The standard InChI is InChI=1S/C26H26N2O6/c1-17-7-4-5-10-21(17)34-25-24(19-8-6-9-20(16-19)28(30)31)27(26(25)29)14-13-18-11-12-22(32-2)23(15-18)33-3/h4-12,15-16,24-25H,13-14H2,1-3H3. The topological polar surface area (TPSA) is 91.1 Å². The Morgan fingerprint density at radius 3 is 2.41 bits per heavy atom. The van der Waals surface area contributed by atoms with Gasteiger partial charge in [-0.15, -0.1) is 0 Å². The lowest BCUT2D eigenvalue weighted by Crippen LogP contribution is -2.61. The third-order valence-corrected chi connectivity index (χ3v) is 6.01. The van der Waals surface area contributed by atoms with Crippen LogP contribution >= 0.6 is 0 Å². The molecule has 0 aliphatic carbocycles. The minimum Gasteiger partial charge on any atom is -0.493 e. The van der Waals surface area contributed by atoms with E-state index in [1.54, 1.807) is 31.3 Å². The predicted octanol–water partition coefficient (Wildman–Crippen LogP) is 4.49. The number of amides is 1. The van der Waals surface area contributed by atoms with E-state index >= 15 is 0 Å². The summed E-state index contributed by atoms with van der Waals surface area (Å²) in [5.74, 6) is 1.72. The monoisotopic (exact) mass is 462 g/mol. The van der Waals surface area contributed by atoms with Crippen LogP contribution in [0.1, 0.15) is 22.7 Å². The Bertz CT molecular complexity index is 1210. The van der Waals surface area contributed by atoms with Crippen molar-refractivity contribution in [2.24, 2.45) is 0 Å². The van der Waals surface area contributed by atoms with Crippen LogP contribution < -0.4 is 14.2 Å². The number of likely N-dealkylation sites (tertiary alicyclic amines) is 1. The molecule has 8 nitrogen and oxygen atoms in total. The van der Waals surface area contributed by atoms with Crippen molar-refractivity contribution >= 4 is 11.6 Å². The molecular weight excluding hydrogens is 436 g/mol. The zero-order valence-electron chi connectivity index (χ0n) is 19.3. The largest absolute Gasteiger partial charge is 0.493 e. The van der Waals surface area contributed by atoms with Crippen LogP contribution in [0.15, 0.2) is 66.7 Å². The average molecular weight is 463 g/mol. The summed E-state index contributed by atoms with van der Waals surface area (Å²) in [5, 5.41) is 11.3. The highest BCUT2D eigenvalue weighted by Gasteiger charge is 2.50. The van der Waals surface area contributed by atoms with Crippen LogP contribution in [-0.4, -0.2) is 42.6 Å². The number of nitrogens with zero attached hydrogens (tertiary/aromatic N) is 2. The van der Waals surface area contributed by atoms with Gasteiger partial charge in [-0.1, -0.05) is 36.4 Å². The Hall–Kier alpha value is -4.07. The first kappa shape index (κ1) is 23.1. The van der Waals surface area contributed by atoms with Crippen molar-refractivity contribution in [3.63, 3.8) is 0 Å². The molecule has 0 radical (unpaired) electrons. The maximum atomic E-state index is 13.1. The average Bonchev–Trinajstić information content (AvgIpc) is 2.85. The van der Waals surface area contributed by atoms with Crippen molar-refractivity contribution in [2.75, 3.05) is 20.8 Å². The summed E-state index contributed by atoms with van der Waals surface area (Å²) < 4.78 is 16.8. The molecule has 1 heterocycles. The Kier molecular flexibility index (Phi) is 6.67. The highest BCUT2D eigenvalue weighted by atomic mass is 16.6. The van der Waals surface area contributed by atoms with Crippen LogP contribution in [-0.2, 0) is 11.2 Å². The highest BCUT2D eigenvalue weighted by molar-refractivity contribution is 5.89. The number of non-ortho nitro benzene ring substituents is 1. The predicted molar refractivity (Wildman–Crippen MR) is 126 cm³/mol. The fourth-order valence-electron chi connectivity index (χ4n) is 4.17. The maximum Gasteiger partial charge on any atom is 0.269 e. The van der Waals surface area contributed by atoms with Crippen molar-refractivity contribution in [1.82, 2.24) is 4.90 Å². The van der Waals surface area contributed by atoms with E-state index in [0.29, 0.717) is 35.8 Å². The number of nitro groups is 1. The summed E-state index contributed by atoms with van der Waals surface area (Å²) in [7, 11) is 3.15. The second-order valence-electron chi connectivity index (χ2n) is 8.07. The third kappa shape index (κ3) is 4.52. The summed E-state index contributed by atoms with van der Waals surface area (Å²) >= 11 is 0. The van der Waals surface area contributed by atoms with E-state index in [1.165, 1.54) is 12.1 Å². The summed E-state index contributed by atoms with van der Waals surface area (Å²) in [5.41, 5.74) is 2.54. The van der Waals surface area contributed by atoms with Crippen LogP contribution in [0.2, 0.25) is 0 Å². The van der Waals surface area contributed by atoms with Gasteiger partial charge in [-0.05, 0) is 48.2 Å². The van der Waals surface area contributed by atoms with Gasteiger partial charge in [0.2, 0.25) is 6.10 Å². The number of ether oxygens (including phenoxy) is 3. The van der Waals surface area contributed by atoms with Gasteiger partial charge in [0.05, 0.1) is 19.1 Å². The molecule has 4 rings (SSSR count). The Morgan fingerprint density at radius 1 is 0.941 bits per heavy atom. The summed E-state index contributed by atoms with van der Waals surface area (Å²) in [4.78, 5) is 25.8. The molecule has 2 unspecified atom stereocenters. The number of β-lactam (4-membered cyclic amide) rings is 1. The quantitative estimate of drug-likeness (QED) is 0.264. The van der Waals surface area contributed by atoms with Gasteiger partial charge in [0, 0.05) is 18.7 Å². The summed E-state index contributed by atoms with van der Waals surface area (Å²) in [6, 6.07) is 19.1. The van der Waals surface area contributed by atoms with Crippen LogP contribution in [0.25, 0.3) is 0 Å². The van der Waals surface area contributed by atoms with Crippen molar-refractivity contribution < 1.29 is 23.9 Å². The first-order chi connectivity index (χ1) is 16.4. The van der Waals surface area contributed by atoms with Crippen molar-refractivity contribution in [2.45, 2.75) is 25.5 Å². The lowest BCUT2D eigenvalue weighted by molar-refractivity contribution is -0.385. The van der Waals surface area contributed by atoms with Gasteiger partial charge in [0.1, 0.15) is 11.8 Å². The van der Waals surface area contributed by atoms with Gasteiger partial charge >= 0.3 is 0 Å². The molecule has 0 spiro atoms. The minimum absolute atomic E-state index is 0.0219. The van der Waals surface area contributed by atoms with Gasteiger partial charge in [-0.25, -0.2) is 0 Å². The lowest BCUT2D eigenvalue weighted by Gasteiger charge is -2.47. The minimum atomic E-state index is -0.756. The number of hydrogen-bond donors (Lipinski definition) is 0. The number of nitro benzene ring substituents is 1. The molecule has 3 aromatic carbocycles. The molecule has 2 atom stereocenters. The Morgan fingerprint density at radius 2 is 1.71 bits per heavy atom. The maximum absolute atomic E-state index is 13.1. The second kappa shape index (κ2) is 9.82. The first-order valence-electron chi connectivity index (χ1n) is 10.9. The molecule has 1 aliphatic rings. The zero-order valence-corrected chi connectivity index (χ0v) is 19.3. The molecule has 1 amide bonds. The molecule has 0 N–H and O–H groups in total. The molecule has 8 heteroatoms. The summed E-state index contributed by atoms with van der Waals surface area (Å²) in [6.07, 6.45) is -0.178. The second-order valence-corrected chi connectivity index (χ2v) is 8.07. The van der Waals surface area contributed by atoms with E-state index in [2.05, 4.69) is 0 Å². The number of rotatable bonds is 9. The third-order valence-electron chi connectivity index (χ3n) is 6.01. The molecule has 0 bridgehead atoms. The molecule has 176 valence electrons. The Labute approximate surface area is 197 Å². The smallest absolute Gasteiger partial charge is 0.269 e. The van der Waals surface area contributed by atoms with Gasteiger partial charge in [-0.2, -0.15) is 0 Å². The first-order valence-corrected chi connectivity index (χ1v) is 10.9. The number of benzene rings is 3. The molecule has 1 aliphatic heterocycles. The fourth-order valence-corrected chi connectivity index (χ4v) is 4.17. The number of para-hydroxylation sites is 1. The van der Waals surface area contributed by atoms with Gasteiger partial charge in [-0.3, -0.25) is 14.9 Å². The van der Waals surface area contributed by atoms with Crippen LogP contribution in [0.3, 0.4) is 0 Å². The van der Waals surface area contributed by atoms with Gasteiger partial charge < -0.3 is 19.1 Å². The number of hydrogen-bond acceptors (Lipinski definition) is 6. The van der Waals surface area contributed by atoms with Crippen molar-refractivity contribution in [1.29, 1.82) is 0 Å². The normalized spacial score (nSPS) is 17.1. The molecular formula is C26H26N2O6. The van der Waals surface area contributed by atoms with E-state index in [0.717, 1.165) is 11.1 Å². The molecule has 1 fully saturated rings. The van der Waals surface area contributed by atoms with Crippen molar-refractivity contribution in [3.8, 4) is 17.2 Å². The molecule has 3 aromatic rings. The molecule has 1 saturated heterocycles. The highest BCUT2D eigenvalue weighted by Crippen LogP contribution is 2.39. The fraction of sp³-hybridized carbons (Fsp3) is 0.269. The number of carbonyl (C=O) groups excluding carboxylic acids is 1. The van der Waals surface area contributed by atoms with E-state index in [-0.39, 0.29) is 11.6 Å². The van der Waals surface area contributed by atoms with E-state index in [9.17, 15) is 14.9 Å². The zero-order chi connectivity index (χ0) is 24.2. The van der Waals surface area contributed by atoms with Gasteiger partial charge in [0.25, 0.3) is 11.6 Å². The number of methoxy groups -OCH3 is 2. The van der Waals surface area contributed by atoms with E-state index < -0.39 is 17.1 Å². The number of carbonyl (C=O) groups is 1. The molecule has 0 saturated carbocycles. The number of aryl methyl sites for hydroxylation is 1. The van der Waals surface area contributed by atoms with Crippen molar-refractivity contribution in [3.05, 3.63) is 93.5 Å². The Balaban J connectivity index is 1.59. The molecule has 0 aromatic heterocycles. The van der Waals surface area contributed by atoms with Crippen LogP contribution in [0.5, 0.6) is 17.2 Å². The van der Waals surface area contributed by atoms with Gasteiger partial charge in [0.15, 0.2) is 11.5 Å². The van der Waals surface area contributed by atoms with E-state index in [4.69, 9.17) is 14.2 Å². The molecule has 34 heavy (non-hydrogen) atoms. The van der Waals surface area contributed by atoms with Crippen LogP contribution in [0, 0.1) is 17.0 Å². The van der Waals surface area contributed by atoms with Crippen LogP contribution in [0.4, 0.5) is 5.69 Å². The van der Waals surface area contributed by atoms with E-state index in [1.807, 2.05) is 49.4 Å². The SMILES string of the molecule is COc1ccc(CCN2C(=O)C(Oc3ccccc3C)C2c2cccc([N+](=O)[O-])c2)cc1OC. The lowest BCUT2D eigenvalue weighted by atomic mass is 9.89.